The maximum Gasteiger partial charge on any atom is 0.153 e. The van der Waals surface area contributed by atoms with Crippen molar-refractivity contribution < 1.29 is 8.42 Å². The van der Waals surface area contributed by atoms with E-state index in [2.05, 4.69) is 24.2 Å². The van der Waals surface area contributed by atoms with E-state index >= 15 is 0 Å². The van der Waals surface area contributed by atoms with E-state index < -0.39 is 9.84 Å². The van der Waals surface area contributed by atoms with Gasteiger partial charge in [0, 0.05) is 18.6 Å². The summed E-state index contributed by atoms with van der Waals surface area (Å²) < 4.78 is 23.2. The molecule has 20 heavy (non-hydrogen) atoms. The summed E-state index contributed by atoms with van der Waals surface area (Å²) in [6.07, 6.45) is 7.61. The van der Waals surface area contributed by atoms with Gasteiger partial charge in [-0.2, -0.15) is 0 Å². The fourth-order valence-corrected chi connectivity index (χ4v) is 5.08. The topological polar surface area (TPSA) is 49.4 Å². The van der Waals surface area contributed by atoms with Gasteiger partial charge in [0.15, 0.2) is 9.84 Å². The molecule has 1 atom stereocenters. The number of nitrogens with zero attached hydrogens (tertiary/aromatic N) is 1. The molecule has 0 radical (unpaired) electrons. The molecular formula is C15H30N2O2S. The van der Waals surface area contributed by atoms with Gasteiger partial charge in [-0.1, -0.05) is 13.3 Å². The molecule has 1 heterocycles. The fraction of sp³-hybridized carbons (Fsp3) is 1.00. The number of rotatable bonds is 5. The van der Waals surface area contributed by atoms with Gasteiger partial charge in [0.05, 0.1) is 11.5 Å². The average molecular weight is 302 g/mol. The first-order valence-corrected chi connectivity index (χ1v) is 9.96. The number of hydrogen-bond acceptors (Lipinski definition) is 4. The summed E-state index contributed by atoms with van der Waals surface area (Å²) in [5.74, 6) is 1.56. The summed E-state index contributed by atoms with van der Waals surface area (Å²) in [5, 5.41) is 3.34. The van der Waals surface area contributed by atoms with Crippen LogP contribution in [-0.2, 0) is 9.84 Å². The Morgan fingerprint density at radius 3 is 2.50 bits per heavy atom. The lowest BCUT2D eigenvalue weighted by Gasteiger charge is -2.35. The highest BCUT2D eigenvalue weighted by atomic mass is 32.2. The molecule has 1 saturated carbocycles. The normalized spacial score (nSPS) is 34.2. The SMILES string of the molecule is CCC1CCC(N(C)CCC2CS(=O)(=O)CCN2)CC1. The molecule has 2 fully saturated rings. The quantitative estimate of drug-likeness (QED) is 0.839. The van der Waals surface area contributed by atoms with Gasteiger partial charge in [-0.3, -0.25) is 0 Å². The molecule has 4 nitrogen and oxygen atoms in total. The van der Waals surface area contributed by atoms with Crippen LogP contribution in [0.15, 0.2) is 0 Å². The minimum Gasteiger partial charge on any atom is -0.312 e. The van der Waals surface area contributed by atoms with Gasteiger partial charge in [0.25, 0.3) is 0 Å². The molecule has 2 aliphatic rings. The van der Waals surface area contributed by atoms with E-state index in [1.165, 1.54) is 32.1 Å². The van der Waals surface area contributed by atoms with Crippen molar-refractivity contribution in [2.24, 2.45) is 5.92 Å². The third-order valence-corrected chi connectivity index (χ3v) is 6.88. The summed E-state index contributed by atoms with van der Waals surface area (Å²) in [5.41, 5.74) is 0. The van der Waals surface area contributed by atoms with Gasteiger partial charge in [0.1, 0.15) is 0 Å². The highest BCUT2D eigenvalue weighted by molar-refractivity contribution is 7.91. The van der Waals surface area contributed by atoms with E-state index in [1.54, 1.807) is 0 Å². The molecule has 0 aromatic heterocycles. The van der Waals surface area contributed by atoms with Crippen LogP contribution >= 0.6 is 0 Å². The molecule has 5 heteroatoms. The predicted octanol–water partition coefficient (Wildman–Crippen LogP) is 1.66. The highest BCUT2D eigenvalue weighted by Gasteiger charge is 2.26. The second-order valence-electron chi connectivity index (χ2n) is 6.62. The zero-order valence-corrected chi connectivity index (χ0v) is 13.8. The molecule has 1 aliphatic carbocycles. The summed E-state index contributed by atoms with van der Waals surface area (Å²) in [6.45, 7) is 3.93. The number of nitrogens with one attached hydrogen (secondary N) is 1. The third-order valence-electron chi connectivity index (χ3n) is 5.15. The molecular weight excluding hydrogens is 272 g/mol. The Bertz CT molecular complexity index is 389. The average Bonchev–Trinajstić information content (AvgIpc) is 2.44. The van der Waals surface area contributed by atoms with E-state index in [0.717, 1.165) is 18.9 Å². The second-order valence-corrected chi connectivity index (χ2v) is 8.85. The first kappa shape index (κ1) is 16.2. The Labute approximate surface area is 124 Å². The second kappa shape index (κ2) is 7.23. The van der Waals surface area contributed by atoms with Gasteiger partial charge >= 0.3 is 0 Å². The molecule has 0 aromatic carbocycles. The van der Waals surface area contributed by atoms with Crippen LogP contribution in [0.1, 0.15) is 45.4 Å². The molecule has 0 spiro atoms. The zero-order chi connectivity index (χ0) is 14.6. The third kappa shape index (κ3) is 4.71. The van der Waals surface area contributed by atoms with Crippen molar-refractivity contribution in [3.8, 4) is 0 Å². The summed E-state index contributed by atoms with van der Waals surface area (Å²) in [6, 6.07) is 0.862. The zero-order valence-electron chi connectivity index (χ0n) is 13.0. The van der Waals surface area contributed by atoms with Crippen LogP contribution < -0.4 is 5.32 Å². The first-order valence-electron chi connectivity index (χ1n) is 8.14. The lowest BCUT2D eigenvalue weighted by Crippen LogP contribution is -2.47. The van der Waals surface area contributed by atoms with E-state index in [1.807, 2.05) is 0 Å². The molecule has 118 valence electrons. The van der Waals surface area contributed by atoms with E-state index in [0.29, 0.717) is 24.1 Å². The standard InChI is InChI=1S/C15H30N2O2S/c1-3-13-4-6-15(7-5-13)17(2)10-8-14-12-20(18,19)11-9-16-14/h13-16H,3-12H2,1-2H3. The van der Waals surface area contributed by atoms with Crippen molar-refractivity contribution in [3.05, 3.63) is 0 Å². The van der Waals surface area contributed by atoms with Crippen LogP contribution in [0.5, 0.6) is 0 Å². The van der Waals surface area contributed by atoms with E-state index in [9.17, 15) is 8.42 Å². The van der Waals surface area contributed by atoms with E-state index in [4.69, 9.17) is 0 Å². The van der Waals surface area contributed by atoms with Crippen LogP contribution in [0, 0.1) is 5.92 Å². The van der Waals surface area contributed by atoms with Crippen molar-refractivity contribution in [1.29, 1.82) is 0 Å². The molecule has 0 amide bonds. The van der Waals surface area contributed by atoms with Crippen molar-refractivity contribution in [2.75, 3.05) is 31.6 Å². The largest absolute Gasteiger partial charge is 0.312 e. The lowest BCUT2D eigenvalue weighted by molar-refractivity contribution is 0.158. The molecule has 1 unspecified atom stereocenters. The van der Waals surface area contributed by atoms with E-state index in [-0.39, 0.29) is 6.04 Å². The summed E-state index contributed by atoms with van der Waals surface area (Å²) in [4.78, 5) is 2.45. The van der Waals surface area contributed by atoms with Crippen LogP contribution in [0.4, 0.5) is 0 Å². The first-order chi connectivity index (χ1) is 9.50. The fourth-order valence-electron chi connectivity index (χ4n) is 3.59. The Balaban J connectivity index is 1.71. The molecule has 2 rings (SSSR count). The van der Waals surface area contributed by atoms with Gasteiger partial charge in [-0.05, 0) is 51.6 Å². The highest BCUT2D eigenvalue weighted by Crippen LogP contribution is 2.29. The van der Waals surface area contributed by atoms with Crippen LogP contribution in [0.2, 0.25) is 0 Å². The van der Waals surface area contributed by atoms with Crippen LogP contribution in [0.3, 0.4) is 0 Å². The van der Waals surface area contributed by atoms with Crippen molar-refractivity contribution in [3.63, 3.8) is 0 Å². The van der Waals surface area contributed by atoms with Gasteiger partial charge in [0.2, 0.25) is 0 Å². The van der Waals surface area contributed by atoms with Crippen LogP contribution in [-0.4, -0.2) is 57.0 Å². The van der Waals surface area contributed by atoms with Gasteiger partial charge in [-0.25, -0.2) is 8.42 Å². The minimum absolute atomic E-state index is 0.156. The minimum atomic E-state index is -2.80. The summed E-state index contributed by atoms with van der Waals surface area (Å²) >= 11 is 0. The molecule has 0 aromatic rings. The Morgan fingerprint density at radius 2 is 1.90 bits per heavy atom. The Hall–Kier alpha value is -0.130. The molecule has 0 bridgehead atoms. The van der Waals surface area contributed by atoms with Crippen molar-refractivity contribution in [2.45, 2.75) is 57.5 Å². The van der Waals surface area contributed by atoms with Crippen molar-refractivity contribution >= 4 is 9.84 Å². The predicted molar refractivity (Wildman–Crippen MR) is 83.7 cm³/mol. The van der Waals surface area contributed by atoms with Crippen LogP contribution in [0.25, 0.3) is 0 Å². The Morgan fingerprint density at radius 1 is 1.20 bits per heavy atom. The lowest BCUT2D eigenvalue weighted by atomic mass is 9.84. The van der Waals surface area contributed by atoms with Gasteiger partial charge in [-0.15, -0.1) is 0 Å². The maximum atomic E-state index is 11.6. The Kier molecular flexibility index (Phi) is 5.87. The molecule has 1 N–H and O–H groups in total. The maximum absolute atomic E-state index is 11.6. The van der Waals surface area contributed by atoms with Gasteiger partial charge < -0.3 is 10.2 Å². The van der Waals surface area contributed by atoms with Crippen molar-refractivity contribution in [1.82, 2.24) is 10.2 Å². The molecule has 1 saturated heterocycles. The monoisotopic (exact) mass is 302 g/mol. The smallest absolute Gasteiger partial charge is 0.153 e. The number of hydrogen-bond donors (Lipinski definition) is 1. The summed E-state index contributed by atoms with van der Waals surface area (Å²) in [7, 11) is -0.594. The molecule has 1 aliphatic heterocycles. The number of sulfone groups is 1.